The van der Waals surface area contributed by atoms with E-state index in [1.165, 1.54) is 0 Å². The maximum absolute atomic E-state index is 12.2. The van der Waals surface area contributed by atoms with Crippen LogP contribution in [0.5, 0.6) is 0 Å². The highest BCUT2D eigenvalue weighted by Crippen LogP contribution is 2.15. The molecule has 0 bridgehead atoms. The lowest BCUT2D eigenvalue weighted by Gasteiger charge is -2.26. The van der Waals surface area contributed by atoms with E-state index in [4.69, 9.17) is 4.74 Å². The van der Waals surface area contributed by atoms with Crippen LogP contribution in [-0.2, 0) is 20.9 Å². The fourth-order valence-corrected chi connectivity index (χ4v) is 3.07. The van der Waals surface area contributed by atoms with Crippen molar-refractivity contribution in [3.05, 3.63) is 12.3 Å². The zero-order valence-electron chi connectivity index (χ0n) is 13.9. The number of hydrogen-bond acceptors (Lipinski definition) is 5. The SMILES string of the molecule is O=C(CCC1CCNC1)Nc1ccn(CC(=O)N2CCOCC2)n1. The summed E-state index contributed by atoms with van der Waals surface area (Å²) in [5.41, 5.74) is 0. The molecule has 0 saturated carbocycles. The molecule has 2 aliphatic heterocycles. The van der Waals surface area contributed by atoms with Crippen LogP contribution in [0.15, 0.2) is 12.3 Å². The van der Waals surface area contributed by atoms with Gasteiger partial charge in [-0.3, -0.25) is 14.3 Å². The van der Waals surface area contributed by atoms with Gasteiger partial charge in [0.05, 0.1) is 13.2 Å². The zero-order valence-corrected chi connectivity index (χ0v) is 13.9. The molecule has 0 aromatic carbocycles. The van der Waals surface area contributed by atoms with Crippen molar-refractivity contribution in [1.29, 1.82) is 0 Å². The fourth-order valence-electron chi connectivity index (χ4n) is 3.07. The van der Waals surface area contributed by atoms with Crippen LogP contribution in [0.4, 0.5) is 5.82 Å². The molecular weight excluding hydrogens is 310 g/mol. The maximum atomic E-state index is 12.2. The van der Waals surface area contributed by atoms with Crippen LogP contribution >= 0.6 is 0 Å². The lowest BCUT2D eigenvalue weighted by atomic mass is 10.0. The minimum atomic E-state index is -0.0216. The fraction of sp³-hybridized carbons (Fsp3) is 0.688. The van der Waals surface area contributed by atoms with Gasteiger partial charge in [-0.1, -0.05) is 0 Å². The molecule has 1 aromatic heterocycles. The monoisotopic (exact) mass is 335 g/mol. The van der Waals surface area contributed by atoms with E-state index in [1.807, 2.05) is 0 Å². The van der Waals surface area contributed by atoms with E-state index in [9.17, 15) is 9.59 Å². The molecule has 0 spiro atoms. The average Bonchev–Trinajstić information content (AvgIpc) is 3.26. The second-order valence-corrected chi connectivity index (χ2v) is 6.34. The summed E-state index contributed by atoms with van der Waals surface area (Å²) >= 11 is 0. The minimum Gasteiger partial charge on any atom is -0.378 e. The van der Waals surface area contributed by atoms with Gasteiger partial charge in [0.2, 0.25) is 11.8 Å². The van der Waals surface area contributed by atoms with Crippen molar-refractivity contribution >= 4 is 17.6 Å². The molecule has 24 heavy (non-hydrogen) atoms. The largest absolute Gasteiger partial charge is 0.378 e. The highest BCUT2D eigenvalue weighted by Gasteiger charge is 2.18. The molecule has 132 valence electrons. The number of carbonyl (C=O) groups excluding carboxylic acids is 2. The molecule has 1 unspecified atom stereocenters. The van der Waals surface area contributed by atoms with Gasteiger partial charge in [-0.2, -0.15) is 5.10 Å². The molecule has 2 amide bonds. The molecule has 0 radical (unpaired) electrons. The summed E-state index contributed by atoms with van der Waals surface area (Å²) in [5, 5.41) is 10.4. The van der Waals surface area contributed by atoms with Gasteiger partial charge >= 0.3 is 0 Å². The molecule has 8 heteroatoms. The van der Waals surface area contributed by atoms with Gasteiger partial charge < -0.3 is 20.3 Å². The van der Waals surface area contributed by atoms with Gasteiger partial charge in [0.25, 0.3) is 0 Å². The van der Waals surface area contributed by atoms with Crippen molar-refractivity contribution < 1.29 is 14.3 Å². The predicted molar refractivity (Wildman–Crippen MR) is 88.5 cm³/mol. The van der Waals surface area contributed by atoms with E-state index in [0.29, 0.717) is 44.5 Å². The molecule has 2 saturated heterocycles. The molecule has 8 nitrogen and oxygen atoms in total. The standard InChI is InChI=1S/C16H25N5O3/c22-15(2-1-13-3-5-17-11-13)18-14-4-6-21(19-14)12-16(23)20-7-9-24-10-8-20/h4,6,13,17H,1-3,5,7-12H2,(H,18,19,22). The number of ether oxygens (including phenoxy) is 1. The Morgan fingerprint density at radius 2 is 2.21 bits per heavy atom. The third-order valence-corrected chi connectivity index (χ3v) is 4.51. The molecule has 2 aliphatic rings. The van der Waals surface area contributed by atoms with Crippen molar-refractivity contribution in [2.45, 2.75) is 25.8 Å². The molecular formula is C16H25N5O3. The van der Waals surface area contributed by atoms with Crippen molar-refractivity contribution in [3.8, 4) is 0 Å². The van der Waals surface area contributed by atoms with E-state index < -0.39 is 0 Å². The Balaban J connectivity index is 1.42. The summed E-state index contributed by atoms with van der Waals surface area (Å²) in [6.07, 6.45) is 4.27. The van der Waals surface area contributed by atoms with Crippen LogP contribution in [0.3, 0.4) is 0 Å². The molecule has 3 rings (SSSR count). The van der Waals surface area contributed by atoms with Crippen LogP contribution in [-0.4, -0.2) is 65.9 Å². The summed E-state index contributed by atoms with van der Waals surface area (Å²) in [6.45, 7) is 4.66. The van der Waals surface area contributed by atoms with Gasteiger partial charge in [-0.25, -0.2) is 0 Å². The molecule has 3 heterocycles. The molecule has 2 fully saturated rings. The highest BCUT2D eigenvalue weighted by molar-refractivity contribution is 5.89. The normalized spacial score (nSPS) is 21.0. The second-order valence-electron chi connectivity index (χ2n) is 6.34. The number of morpholine rings is 1. The smallest absolute Gasteiger partial charge is 0.244 e. The highest BCUT2D eigenvalue weighted by atomic mass is 16.5. The number of nitrogens with zero attached hydrogens (tertiary/aromatic N) is 3. The Bertz CT molecular complexity index is 562. The lowest BCUT2D eigenvalue weighted by molar-refractivity contribution is -0.136. The Morgan fingerprint density at radius 3 is 2.96 bits per heavy atom. The van der Waals surface area contributed by atoms with Crippen LogP contribution < -0.4 is 10.6 Å². The Hall–Kier alpha value is -1.93. The van der Waals surface area contributed by atoms with Gasteiger partial charge in [-0.05, 0) is 31.8 Å². The van der Waals surface area contributed by atoms with Gasteiger partial charge in [0.1, 0.15) is 6.54 Å². The van der Waals surface area contributed by atoms with Gasteiger partial charge in [-0.15, -0.1) is 0 Å². The first kappa shape index (κ1) is 16.9. The van der Waals surface area contributed by atoms with E-state index >= 15 is 0 Å². The van der Waals surface area contributed by atoms with Crippen molar-refractivity contribution in [1.82, 2.24) is 20.0 Å². The summed E-state index contributed by atoms with van der Waals surface area (Å²) in [7, 11) is 0. The molecule has 2 N–H and O–H groups in total. The number of rotatable bonds is 6. The number of carbonyl (C=O) groups is 2. The third-order valence-electron chi connectivity index (χ3n) is 4.51. The quantitative estimate of drug-likeness (QED) is 0.768. The van der Waals surface area contributed by atoms with Gasteiger partial charge in [0, 0.05) is 31.8 Å². The molecule has 1 aromatic rings. The number of anilines is 1. The number of amides is 2. The number of aromatic nitrogens is 2. The third kappa shape index (κ3) is 4.78. The minimum absolute atomic E-state index is 0.0213. The lowest BCUT2D eigenvalue weighted by Crippen LogP contribution is -2.42. The molecule has 1 atom stereocenters. The van der Waals surface area contributed by atoms with E-state index in [0.717, 1.165) is 25.9 Å². The summed E-state index contributed by atoms with van der Waals surface area (Å²) < 4.78 is 6.80. The second kappa shape index (κ2) is 8.25. The number of hydrogen-bond donors (Lipinski definition) is 2. The Labute approximate surface area is 141 Å². The number of nitrogens with one attached hydrogen (secondary N) is 2. The first-order valence-corrected chi connectivity index (χ1v) is 8.60. The van der Waals surface area contributed by atoms with Crippen molar-refractivity contribution in [2.24, 2.45) is 5.92 Å². The summed E-state index contributed by atoms with van der Waals surface area (Å²) in [6, 6.07) is 1.72. The predicted octanol–water partition coefficient (Wildman–Crippen LogP) is 0.0701. The van der Waals surface area contributed by atoms with Crippen LogP contribution in [0.1, 0.15) is 19.3 Å². The van der Waals surface area contributed by atoms with Crippen LogP contribution in [0, 0.1) is 5.92 Å². The van der Waals surface area contributed by atoms with Crippen molar-refractivity contribution in [2.75, 3.05) is 44.7 Å². The van der Waals surface area contributed by atoms with Crippen LogP contribution in [0.2, 0.25) is 0 Å². The Morgan fingerprint density at radius 1 is 1.38 bits per heavy atom. The summed E-state index contributed by atoms with van der Waals surface area (Å²) in [5.74, 6) is 1.10. The van der Waals surface area contributed by atoms with Crippen molar-refractivity contribution in [3.63, 3.8) is 0 Å². The Kier molecular flexibility index (Phi) is 5.81. The topological polar surface area (TPSA) is 88.5 Å². The average molecular weight is 335 g/mol. The molecule has 0 aliphatic carbocycles. The maximum Gasteiger partial charge on any atom is 0.244 e. The summed E-state index contributed by atoms with van der Waals surface area (Å²) in [4.78, 5) is 25.9. The first-order chi connectivity index (χ1) is 11.7. The van der Waals surface area contributed by atoms with Crippen LogP contribution in [0.25, 0.3) is 0 Å². The van der Waals surface area contributed by atoms with E-state index in [-0.39, 0.29) is 18.4 Å². The first-order valence-electron chi connectivity index (χ1n) is 8.60. The van der Waals surface area contributed by atoms with Gasteiger partial charge in [0.15, 0.2) is 5.82 Å². The zero-order chi connectivity index (χ0) is 16.8. The van der Waals surface area contributed by atoms with E-state index in [2.05, 4.69) is 15.7 Å². The van der Waals surface area contributed by atoms with E-state index in [1.54, 1.807) is 21.8 Å².